The molecule has 0 amide bonds. The zero-order valence-corrected chi connectivity index (χ0v) is 20.6. The zero-order valence-electron chi connectivity index (χ0n) is 20.6. The predicted molar refractivity (Wildman–Crippen MR) is 128 cm³/mol. The SMILES string of the molecule is CC.CC.COC[C@H]1O[C@@H](OC)[C@H](OCc2ccc(OCc3ccccc3)cc2)[C@@H](O)[C@@H]1O. The van der Waals surface area contributed by atoms with Crippen LogP contribution in [0.5, 0.6) is 5.75 Å². The number of ether oxygens (including phenoxy) is 5. The summed E-state index contributed by atoms with van der Waals surface area (Å²) in [4.78, 5) is 0. The van der Waals surface area contributed by atoms with Gasteiger partial charge in [-0.3, -0.25) is 0 Å². The molecule has 0 saturated carbocycles. The molecule has 0 aliphatic carbocycles. The van der Waals surface area contributed by atoms with Gasteiger partial charge in [-0.15, -0.1) is 0 Å². The van der Waals surface area contributed by atoms with Crippen molar-refractivity contribution in [2.45, 2.75) is 71.6 Å². The molecular formula is C26H40O7. The van der Waals surface area contributed by atoms with Crippen molar-refractivity contribution in [1.82, 2.24) is 0 Å². The number of hydrogen-bond donors (Lipinski definition) is 2. The number of aliphatic hydroxyl groups is 2. The van der Waals surface area contributed by atoms with Gasteiger partial charge in [0.05, 0.1) is 13.2 Å². The highest BCUT2D eigenvalue weighted by atomic mass is 16.7. The molecule has 7 heteroatoms. The van der Waals surface area contributed by atoms with Gasteiger partial charge in [0.15, 0.2) is 6.29 Å². The summed E-state index contributed by atoms with van der Waals surface area (Å²) in [6.45, 7) is 8.87. The highest BCUT2D eigenvalue weighted by molar-refractivity contribution is 5.27. The lowest BCUT2D eigenvalue weighted by Crippen LogP contribution is -2.59. The highest BCUT2D eigenvalue weighted by Gasteiger charge is 2.45. The third-order valence-electron chi connectivity index (χ3n) is 4.82. The quantitative estimate of drug-likeness (QED) is 0.581. The normalized spacial score (nSPS) is 24.1. The molecule has 2 N–H and O–H groups in total. The molecule has 0 bridgehead atoms. The fourth-order valence-electron chi connectivity index (χ4n) is 3.19. The monoisotopic (exact) mass is 464 g/mol. The van der Waals surface area contributed by atoms with Crippen LogP contribution in [0.1, 0.15) is 38.8 Å². The van der Waals surface area contributed by atoms with E-state index >= 15 is 0 Å². The molecular weight excluding hydrogens is 424 g/mol. The average molecular weight is 465 g/mol. The van der Waals surface area contributed by atoms with E-state index in [2.05, 4.69) is 0 Å². The Balaban J connectivity index is 0.00000129. The van der Waals surface area contributed by atoms with Crippen LogP contribution in [0.2, 0.25) is 0 Å². The van der Waals surface area contributed by atoms with Crippen LogP contribution < -0.4 is 4.74 Å². The molecule has 1 saturated heterocycles. The fourth-order valence-corrected chi connectivity index (χ4v) is 3.19. The predicted octanol–water partition coefficient (Wildman–Crippen LogP) is 3.94. The summed E-state index contributed by atoms with van der Waals surface area (Å²) >= 11 is 0. The van der Waals surface area contributed by atoms with Crippen molar-refractivity contribution in [3.63, 3.8) is 0 Å². The summed E-state index contributed by atoms with van der Waals surface area (Å²) in [6.07, 6.45) is -4.58. The molecule has 0 aromatic heterocycles. The maximum absolute atomic E-state index is 10.4. The first-order valence-corrected chi connectivity index (χ1v) is 11.5. The molecule has 33 heavy (non-hydrogen) atoms. The topological polar surface area (TPSA) is 86.6 Å². The summed E-state index contributed by atoms with van der Waals surface area (Å²) in [7, 11) is 2.97. The van der Waals surface area contributed by atoms with Gasteiger partial charge in [-0.05, 0) is 23.3 Å². The average Bonchev–Trinajstić information content (AvgIpc) is 2.88. The highest BCUT2D eigenvalue weighted by Crippen LogP contribution is 2.25. The second kappa shape index (κ2) is 16.6. The number of hydrogen-bond acceptors (Lipinski definition) is 7. The molecule has 1 aliphatic rings. The smallest absolute Gasteiger partial charge is 0.186 e. The second-order valence-corrected chi connectivity index (χ2v) is 6.91. The van der Waals surface area contributed by atoms with Gasteiger partial charge in [-0.2, -0.15) is 0 Å². The maximum Gasteiger partial charge on any atom is 0.186 e. The molecule has 7 nitrogen and oxygen atoms in total. The molecule has 5 atom stereocenters. The Morgan fingerprint density at radius 1 is 0.788 bits per heavy atom. The molecule has 0 spiro atoms. The van der Waals surface area contributed by atoms with Crippen molar-refractivity contribution in [2.24, 2.45) is 0 Å². The Morgan fingerprint density at radius 3 is 1.97 bits per heavy atom. The van der Waals surface area contributed by atoms with Crippen LogP contribution in [0.4, 0.5) is 0 Å². The lowest BCUT2D eigenvalue weighted by Gasteiger charge is -2.41. The molecule has 1 aliphatic heterocycles. The summed E-state index contributed by atoms with van der Waals surface area (Å²) in [6, 6.07) is 17.5. The Labute approximate surface area is 198 Å². The first kappa shape index (κ1) is 29.0. The van der Waals surface area contributed by atoms with E-state index in [4.69, 9.17) is 23.7 Å². The number of benzene rings is 2. The molecule has 2 aromatic rings. The largest absolute Gasteiger partial charge is 0.489 e. The van der Waals surface area contributed by atoms with E-state index in [-0.39, 0.29) is 13.2 Å². The van der Waals surface area contributed by atoms with Crippen molar-refractivity contribution < 1.29 is 33.9 Å². The van der Waals surface area contributed by atoms with E-state index < -0.39 is 30.7 Å². The van der Waals surface area contributed by atoms with Crippen molar-refractivity contribution in [2.75, 3.05) is 20.8 Å². The Hall–Kier alpha value is -2.00. The molecule has 0 radical (unpaired) electrons. The van der Waals surface area contributed by atoms with Gasteiger partial charge < -0.3 is 33.9 Å². The lowest BCUT2D eigenvalue weighted by atomic mass is 9.99. The summed E-state index contributed by atoms with van der Waals surface area (Å²) < 4.78 is 27.5. The van der Waals surface area contributed by atoms with E-state index in [1.54, 1.807) is 0 Å². The van der Waals surface area contributed by atoms with Crippen LogP contribution in [0.15, 0.2) is 54.6 Å². The second-order valence-electron chi connectivity index (χ2n) is 6.91. The van der Waals surface area contributed by atoms with E-state index in [0.717, 1.165) is 16.9 Å². The van der Waals surface area contributed by atoms with Crippen molar-refractivity contribution in [3.05, 3.63) is 65.7 Å². The van der Waals surface area contributed by atoms with Crippen LogP contribution in [0.3, 0.4) is 0 Å². The minimum atomic E-state index is -1.15. The third-order valence-corrected chi connectivity index (χ3v) is 4.82. The first-order valence-electron chi connectivity index (χ1n) is 11.5. The molecule has 0 unspecified atom stereocenters. The van der Waals surface area contributed by atoms with Crippen molar-refractivity contribution in [1.29, 1.82) is 0 Å². The Kier molecular flexibility index (Phi) is 14.6. The summed E-state index contributed by atoms with van der Waals surface area (Å²) in [5.41, 5.74) is 2.00. The minimum Gasteiger partial charge on any atom is -0.489 e. The summed E-state index contributed by atoms with van der Waals surface area (Å²) in [5, 5.41) is 20.7. The van der Waals surface area contributed by atoms with Crippen LogP contribution in [-0.4, -0.2) is 61.7 Å². The summed E-state index contributed by atoms with van der Waals surface area (Å²) in [5.74, 6) is 0.756. The van der Waals surface area contributed by atoms with E-state index in [1.165, 1.54) is 14.2 Å². The Bertz CT molecular complexity index is 721. The lowest BCUT2D eigenvalue weighted by molar-refractivity contribution is -0.306. The van der Waals surface area contributed by atoms with Gasteiger partial charge in [0.1, 0.15) is 36.8 Å². The maximum atomic E-state index is 10.4. The van der Waals surface area contributed by atoms with Gasteiger partial charge >= 0.3 is 0 Å². The van der Waals surface area contributed by atoms with Crippen LogP contribution in [-0.2, 0) is 32.2 Å². The van der Waals surface area contributed by atoms with E-state index in [1.807, 2.05) is 82.3 Å². The molecule has 186 valence electrons. The number of aliphatic hydroxyl groups excluding tert-OH is 2. The number of rotatable bonds is 9. The van der Waals surface area contributed by atoms with Gasteiger partial charge in [0, 0.05) is 14.2 Å². The molecule has 3 rings (SSSR count). The molecule has 1 fully saturated rings. The molecule has 2 aromatic carbocycles. The van der Waals surface area contributed by atoms with Crippen molar-refractivity contribution in [3.8, 4) is 5.75 Å². The van der Waals surface area contributed by atoms with Crippen molar-refractivity contribution >= 4 is 0 Å². The minimum absolute atomic E-state index is 0.148. The van der Waals surface area contributed by atoms with Gasteiger partial charge in [-0.25, -0.2) is 0 Å². The van der Waals surface area contributed by atoms with Gasteiger partial charge in [0.25, 0.3) is 0 Å². The van der Waals surface area contributed by atoms with Crippen LogP contribution >= 0.6 is 0 Å². The van der Waals surface area contributed by atoms with E-state index in [9.17, 15) is 10.2 Å². The van der Waals surface area contributed by atoms with Crippen LogP contribution in [0, 0.1) is 0 Å². The first-order chi connectivity index (χ1) is 16.1. The van der Waals surface area contributed by atoms with Crippen LogP contribution in [0.25, 0.3) is 0 Å². The Morgan fingerprint density at radius 2 is 1.39 bits per heavy atom. The van der Waals surface area contributed by atoms with Gasteiger partial charge in [0.2, 0.25) is 0 Å². The molecule has 1 heterocycles. The van der Waals surface area contributed by atoms with E-state index in [0.29, 0.717) is 6.61 Å². The zero-order chi connectivity index (χ0) is 24.6. The third kappa shape index (κ3) is 9.04. The standard InChI is InChI=1S/C22H28O7.2C2H6/c1-25-14-18-19(23)20(24)21(22(26-2)29-18)28-13-16-8-10-17(11-9-16)27-12-15-6-4-3-5-7-15;2*1-2/h3-11,18-24H,12-14H2,1-2H3;2*1-2H3/t18-,19-,20+,21-,22-;;/m1../s1. The number of methoxy groups -OCH3 is 2. The fraction of sp³-hybridized carbons (Fsp3) is 0.538. The van der Waals surface area contributed by atoms with Gasteiger partial charge in [-0.1, -0.05) is 70.2 Å².